The number of nitrogen functional groups attached to an aromatic ring is 1. The van der Waals surface area contributed by atoms with Gasteiger partial charge in [0, 0.05) is 20.8 Å². The van der Waals surface area contributed by atoms with Crippen LogP contribution < -0.4 is 5.73 Å². The third kappa shape index (κ3) is 4.21. The van der Waals surface area contributed by atoms with Crippen LogP contribution in [0.5, 0.6) is 0 Å². The maximum absolute atomic E-state index is 11.8. The number of ether oxygens (including phenoxy) is 4. The molecule has 3 rings (SSSR count). The number of halogens is 1. The zero-order valence-corrected chi connectivity index (χ0v) is 18.0. The largest absolute Gasteiger partial charge is 0.462 e. The van der Waals surface area contributed by atoms with E-state index in [1.54, 1.807) is 4.57 Å². The normalized spacial score (nSPS) is 22.6. The number of hydrogen-bond acceptors (Lipinski definition) is 11. The minimum absolute atomic E-state index is 0.186. The van der Waals surface area contributed by atoms with E-state index in [2.05, 4.69) is 30.9 Å². The van der Waals surface area contributed by atoms with E-state index in [-0.39, 0.29) is 19.0 Å². The second-order valence-corrected chi connectivity index (χ2v) is 7.75. The molecule has 1 saturated heterocycles. The van der Waals surface area contributed by atoms with Gasteiger partial charge in [0.2, 0.25) is 0 Å². The first-order chi connectivity index (χ1) is 14.1. The number of hydrogen-bond donors (Lipinski definition) is 1. The van der Waals surface area contributed by atoms with E-state index in [4.69, 9.17) is 24.7 Å². The number of imidazole rings is 1. The molecule has 3 heterocycles. The molecule has 13 heteroatoms. The van der Waals surface area contributed by atoms with Crippen LogP contribution >= 0.6 is 15.9 Å². The minimum Gasteiger partial charge on any atom is -0.462 e. The van der Waals surface area contributed by atoms with Crippen molar-refractivity contribution in [3.8, 4) is 0 Å². The lowest BCUT2D eigenvalue weighted by molar-refractivity contribution is -0.191. The Morgan fingerprint density at radius 3 is 2.33 bits per heavy atom. The number of aromatic nitrogens is 4. The summed E-state index contributed by atoms with van der Waals surface area (Å²) in [5, 5.41) is 0. The summed E-state index contributed by atoms with van der Waals surface area (Å²) in [7, 11) is 0. The molecule has 12 nitrogen and oxygen atoms in total. The number of fused-ring (bicyclic) bond motifs is 1. The lowest BCUT2D eigenvalue weighted by atomic mass is 9.98. The Kier molecular flexibility index (Phi) is 6.22. The fraction of sp³-hybridized carbons (Fsp3) is 0.529. The van der Waals surface area contributed by atoms with Gasteiger partial charge in [-0.15, -0.1) is 0 Å². The van der Waals surface area contributed by atoms with Crippen molar-refractivity contribution in [1.29, 1.82) is 0 Å². The highest BCUT2D eigenvalue weighted by atomic mass is 79.9. The predicted molar refractivity (Wildman–Crippen MR) is 104 cm³/mol. The van der Waals surface area contributed by atoms with Gasteiger partial charge in [-0.25, -0.2) is 15.0 Å². The van der Waals surface area contributed by atoms with Gasteiger partial charge < -0.3 is 24.7 Å². The van der Waals surface area contributed by atoms with Crippen molar-refractivity contribution in [1.82, 2.24) is 19.5 Å². The third-order valence-electron chi connectivity index (χ3n) is 4.43. The number of anilines is 1. The van der Waals surface area contributed by atoms with Gasteiger partial charge >= 0.3 is 17.9 Å². The molecule has 1 fully saturated rings. The summed E-state index contributed by atoms with van der Waals surface area (Å²) >= 11 is 3.51. The van der Waals surface area contributed by atoms with Gasteiger partial charge in [0.1, 0.15) is 29.9 Å². The van der Waals surface area contributed by atoms with Crippen LogP contribution in [0.1, 0.15) is 27.0 Å². The van der Waals surface area contributed by atoms with Gasteiger partial charge in [-0.05, 0) is 0 Å². The molecule has 0 spiro atoms. The van der Waals surface area contributed by atoms with E-state index < -0.39 is 40.7 Å². The van der Waals surface area contributed by atoms with Crippen LogP contribution in [0.3, 0.4) is 0 Å². The van der Waals surface area contributed by atoms with Crippen LogP contribution in [-0.4, -0.2) is 67.2 Å². The summed E-state index contributed by atoms with van der Waals surface area (Å²) in [5.74, 6) is -1.56. The van der Waals surface area contributed by atoms with Crippen LogP contribution in [0.25, 0.3) is 11.2 Å². The first kappa shape index (κ1) is 21.9. The third-order valence-corrected chi connectivity index (χ3v) is 5.36. The molecule has 1 aliphatic heterocycles. The van der Waals surface area contributed by atoms with Gasteiger partial charge in [0.25, 0.3) is 0 Å². The van der Waals surface area contributed by atoms with Crippen molar-refractivity contribution in [2.75, 3.05) is 18.9 Å². The summed E-state index contributed by atoms with van der Waals surface area (Å²) in [6.07, 6.45) is 0.936. The molecule has 2 aromatic heterocycles. The average Bonchev–Trinajstić information content (AvgIpc) is 3.20. The molecular weight excluding hydrogens is 466 g/mol. The molecule has 162 valence electrons. The van der Waals surface area contributed by atoms with E-state index in [0.717, 1.165) is 0 Å². The number of carbonyl (C=O) groups is 3. The molecule has 0 saturated carbocycles. The van der Waals surface area contributed by atoms with E-state index >= 15 is 0 Å². The number of alkyl halides is 1. The highest BCUT2D eigenvalue weighted by molar-refractivity contribution is 9.09. The standard InChI is InChI=1S/C17H20BrN5O7/c1-8(24)27-4-17(5-28-9(2)25)13(29-10(3)26)11(18)16(30-17)23-7-22-12-14(19)20-6-21-15(12)23/h6-7,11,13,16H,4-5H2,1-3H3,(H2,19,20,21)/t11-,13-,16-/m1/s1. The van der Waals surface area contributed by atoms with Gasteiger partial charge in [0.15, 0.2) is 29.4 Å². The summed E-state index contributed by atoms with van der Waals surface area (Å²) in [4.78, 5) is 46.4. The smallest absolute Gasteiger partial charge is 0.303 e. The molecular formula is C17H20BrN5O7. The maximum Gasteiger partial charge on any atom is 0.303 e. The number of esters is 3. The van der Waals surface area contributed by atoms with E-state index in [0.29, 0.717) is 11.2 Å². The predicted octanol–water partition coefficient (Wildman–Crippen LogP) is 0.497. The first-order valence-corrected chi connectivity index (χ1v) is 9.75. The van der Waals surface area contributed by atoms with Crippen LogP contribution in [0, 0.1) is 0 Å². The highest BCUT2D eigenvalue weighted by Crippen LogP contribution is 2.44. The molecule has 0 aromatic carbocycles. The molecule has 0 amide bonds. The fourth-order valence-electron chi connectivity index (χ4n) is 3.15. The molecule has 0 unspecified atom stereocenters. The van der Waals surface area contributed by atoms with Gasteiger partial charge in [-0.2, -0.15) is 0 Å². The first-order valence-electron chi connectivity index (χ1n) is 8.83. The van der Waals surface area contributed by atoms with E-state index in [1.807, 2.05) is 0 Å². The minimum atomic E-state index is -1.48. The van der Waals surface area contributed by atoms with Crippen molar-refractivity contribution in [3.63, 3.8) is 0 Å². The zero-order valence-electron chi connectivity index (χ0n) is 16.4. The Morgan fingerprint density at radius 2 is 1.77 bits per heavy atom. The second-order valence-electron chi connectivity index (χ2n) is 6.69. The number of nitrogens with zero attached hydrogens (tertiary/aromatic N) is 4. The molecule has 0 aliphatic carbocycles. The highest BCUT2D eigenvalue weighted by Gasteiger charge is 2.59. The Balaban J connectivity index is 2.05. The van der Waals surface area contributed by atoms with E-state index in [1.165, 1.54) is 33.4 Å². The molecule has 1 aliphatic rings. The Hall–Kier alpha value is -2.80. The van der Waals surface area contributed by atoms with Gasteiger partial charge in [-0.3, -0.25) is 19.0 Å². The number of carbonyl (C=O) groups excluding carboxylic acids is 3. The van der Waals surface area contributed by atoms with Crippen LogP contribution in [0.2, 0.25) is 0 Å². The SMILES string of the molecule is CC(=O)OCC1(COC(C)=O)O[C@@H](n2cnc3c(N)ncnc32)[C@H](Br)[C@H]1OC(C)=O. The molecule has 0 radical (unpaired) electrons. The molecule has 0 bridgehead atoms. The monoisotopic (exact) mass is 485 g/mol. The van der Waals surface area contributed by atoms with Crippen molar-refractivity contribution in [3.05, 3.63) is 12.7 Å². The summed E-state index contributed by atoms with van der Waals surface area (Å²) < 4.78 is 23.6. The van der Waals surface area contributed by atoms with Crippen LogP contribution in [0.4, 0.5) is 5.82 Å². The van der Waals surface area contributed by atoms with Crippen LogP contribution in [-0.2, 0) is 33.3 Å². The number of rotatable bonds is 6. The second kappa shape index (κ2) is 8.52. The van der Waals surface area contributed by atoms with Crippen molar-refractivity contribution < 1.29 is 33.3 Å². The van der Waals surface area contributed by atoms with Gasteiger partial charge in [0.05, 0.1) is 6.33 Å². The molecule has 2 aromatic rings. The Bertz CT molecular complexity index is 963. The van der Waals surface area contributed by atoms with E-state index in [9.17, 15) is 14.4 Å². The lowest BCUT2D eigenvalue weighted by Gasteiger charge is -2.32. The zero-order chi connectivity index (χ0) is 22.1. The summed E-state index contributed by atoms with van der Waals surface area (Å²) in [6, 6.07) is 0. The lowest BCUT2D eigenvalue weighted by Crippen LogP contribution is -2.52. The fourth-order valence-corrected chi connectivity index (χ4v) is 4.10. The van der Waals surface area contributed by atoms with Gasteiger partial charge in [-0.1, -0.05) is 15.9 Å². The Morgan fingerprint density at radius 1 is 1.13 bits per heavy atom. The average molecular weight is 486 g/mol. The Labute approximate surface area is 179 Å². The maximum atomic E-state index is 11.8. The molecule has 30 heavy (non-hydrogen) atoms. The molecule has 2 N–H and O–H groups in total. The molecule has 3 atom stereocenters. The van der Waals surface area contributed by atoms with Crippen molar-refractivity contribution in [2.24, 2.45) is 0 Å². The quantitative estimate of drug-likeness (QED) is 0.344. The summed E-state index contributed by atoms with van der Waals surface area (Å²) in [6.45, 7) is 3.03. The topological polar surface area (TPSA) is 158 Å². The van der Waals surface area contributed by atoms with Crippen LogP contribution in [0.15, 0.2) is 12.7 Å². The van der Waals surface area contributed by atoms with Crippen molar-refractivity contribution in [2.45, 2.75) is 43.5 Å². The van der Waals surface area contributed by atoms with Crippen molar-refractivity contribution >= 4 is 50.8 Å². The number of nitrogens with two attached hydrogens (primary N) is 1. The summed E-state index contributed by atoms with van der Waals surface area (Å²) in [5.41, 5.74) is 5.12.